The first-order chi connectivity index (χ1) is 13.6. The van der Waals surface area contributed by atoms with Gasteiger partial charge in [0.25, 0.3) is 0 Å². The molecule has 1 aromatic heterocycles. The van der Waals surface area contributed by atoms with E-state index in [-0.39, 0.29) is 17.9 Å². The first kappa shape index (κ1) is 22.0. The molecule has 0 radical (unpaired) electrons. The predicted molar refractivity (Wildman–Crippen MR) is 116 cm³/mol. The lowest BCUT2D eigenvalue weighted by atomic mass is 9.89. The van der Waals surface area contributed by atoms with E-state index in [1.54, 1.807) is 10.5 Å². The Morgan fingerprint density at radius 2 is 1.48 bits per heavy atom. The van der Waals surface area contributed by atoms with E-state index in [1.807, 2.05) is 10.9 Å². The van der Waals surface area contributed by atoms with E-state index in [1.165, 1.54) is 5.56 Å². The van der Waals surface area contributed by atoms with Gasteiger partial charge in [0.2, 0.25) is 10.0 Å². The van der Waals surface area contributed by atoms with Gasteiger partial charge in [-0.15, -0.1) is 5.10 Å². The number of benzene rings is 1. The number of hydrogen-bond acceptors (Lipinski definition) is 4. The van der Waals surface area contributed by atoms with Gasteiger partial charge in [-0.05, 0) is 47.3 Å². The number of nitrogens with zero attached hydrogens (tertiary/aromatic N) is 4. The lowest BCUT2D eigenvalue weighted by molar-refractivity contribution is 0.258. The zero-order valence-corrected chi connectivity index (χ0v) is 19.3. The fourth-order valence-electron chi connectivity index (χ4n) is 4.08. The standard InChI is InChI=1S/C22H34N4O2S/c1-15(2)18-13-20(16(3)4)22(21(14-18)17(5)6)29(27,28)25-10-7-19(8-11-25)26-12-9-23-24-26/h9,12-17,19H,7-8,10-11H2,1-6H3. The van der Waals surface area contributed by atoms with Crippen LogP contribution in [-0.4, -0.2) is 40.8 Å². The number of aromatic nitrogens is 3. The van der Waals surface area contributed by atoms with Crippen molar-refractivity contribution in [3.8, 4) is 0 Å². The van der Waals surface area contributed by atoms with Crippen molar-refractivity contribution in [2.24, 2.45) is 0 Å². The Balaban J connectivity index is 1.99. The SMILES string of the molecule is CC(C)c1cc(C(C)C)c(S(=O)(=O)N2CCC(n3ccnn3)CC2)c(C(C)C)c1. The first-order valence-corrected chi connectivity index (χ1v) is 12.1. The summed E-state index contributed by atoms with van der Waals surface area (Å²) < 4.78 is 31.1. The van der Waals surface area contributed by atoms with Crippen molar-refractivity contribution in [3.05, 3.63) is 41.2 Å². The molecule has 2 heterocycles. The minimum Gasteiger partial charge on any atom is -0.249 e. The summed E-state index contributed by atoms with van der Waals surface area (Å²) in [6.45, 7) is 13.7. The van der Waals surface area contributed by atoms with Gasteiger partial charge in [-0.25, -0.2) is 13.1 Å². The molecule has 0 atom stereocenters. The van der Waals surface area contributed by atoms with Crippen molar-refractivity contribution in [1.82, 2.24) is 19.3 Å². The lowest BCUT2D eigenvalue weighted by Crippen LogP contribution is -2.40. The second-order valence-corrected chi connectivity index (χ2v) is 10.9. The molecular weight excluding hydrogens is 384 g/mol. The molecule has 1 saturated heterocycles. The average molecular weight is 419 g/mol. The summed E-state index contributed by atoms with van der Waals surface area (Å²) in [5.41, 5.74) is 3.10. The quantitative estimate of drug-likeness (QED) is 0.683. The van der Waals surface area contributed by atoms with Crippen LogP contribution in [0.2, 0.25) is 0 Å². The van der Waals surface area contributed by atoms with E-state index in [2.05, 4.69) is 64.0 Å². The van der Waals surface area contributed by atoms with Crippen LogP contribution in [0.4, 0.5) is 0 Å². The molecular formula is C22H34N4O2S. The van der Waals surface area contributed by atoms with E-state index in [0.717, 1.165) is 24.0 Å². The van der Waals surface area contributed by atoms with E-state index in [4.69, 9.17) is 0 Å². The molecule has 0 amide bonds. The minimum absolute atomic E-state index is 0.142. The summed E-state index contributed by atoms with van der Waals surface area (Å²) in [5.74, 6) is 0.646. The molecule has 0 N–H and O–H groups in total. The van der Waals surface area contributed by atoms with E-state index < -0.39 is 10.0 Å². The van der Waals surface area contributed by atoms with Crippen molar-refractivity contribution in [3.63, 3.8) is 0 Å². The van der Waals surface area contributed by atoms with Gasteiger partial charge in [0, 0.05) is 19.3 Å². The molecule has 0 bridgehead atoms. The van der Waals surface area contributed by atoms with Crippen molar-refractivity contribution in [1.29, 1.82) is 0 Å². The van der Waals surface area contributed by atoms with Gasteiger partial charge < -0.3 is 0 Å². The average Bonchev–Trinajstić information content (AvgIpc) is 3.21. The monoisotopic (exact) mass is 418 g/mol. The minimum atomic E-state index is -3.56. The molecule has 3 rings (SSSR count). The summed E-state index contributed by atoms with van der Waals surface area (Å²) in [7, 11) is -3.56. The molecule has 2 aromatic rings. The van der Waals surface area contributed by atoms with Crippen LogP contribution in [0.5, 0.6) is 0 Å². The molecule has 0 saturated carbocycles. The zero-order valence-electron chi connectivity index (χ0n) is 18.5. The molecule has 0 unspecified atom stereocenters. The van der Waals surface area contributed by atoms with Gasteiger partial charge >= 0.3 is 0 Å². The molecule has 0 aliphatic carbocycles. The Labute approximate surface area is 175 Å². The molecule has 6 nitrogen and oxygen atoms in total. The van der Waals surface area contributed by atoms with Gasteiger partial charge in [0.05, 0.1) is 17.1 Å². The van der Waals surface area contributed by atoms with Crippen LogP contribution in [0.25, 0.3) is 0 Å². The number of sulfonamides is 1. The topological polar surface area (TPSA) is 68.1 Å². The van der Waals surface area contributed by atoms with Crippen LogP contribution in [-0.2, 0) is 10.0 Å². The fourth-order valence-corrected chi connectivity index (χ4v) is 6.21. The third kappa shape index (κ3) is 4.40. The molecule has 29 heavy (non-hydrogen) atoms. The Hall–Kier alpha value is -1.73. The number of piperidine rings is 1. The predicted octanol–water partition coefficient (Wildman–Crippen LogP) is 4.67. The van der Waals surface area contributed by atoms with Crippen LogP contribution in [0, 0.1) is 0 Å². The van der Waals surface area contributed by atoms with Crippen LogP contribution in [0.1, 0.15) is 94.9 Å². The second-order valence-electron chi connectivity index (χ2n) is 9.01. The lowest BCUT2D eigenvalue weighted by Gasteiger charge is -2.33. The molecule has 1 aliphatic heterocycles. The largest absolute Gasteiger partial charge is 0.249 e. The Bertz CT molecular complexity index is 897. The Kier molecular flexibility index (Phi) is 6.48. The smallest absolute Gasteiger partial charge is 0.243 e. The summed E-state index contributed by atoms with van der Waals surface area (Å²) in [5, 5.41) is 7.96. The normalized spacial score (nSPS) is 17.0. The van der Waals surface area contributed by atoms with E-state index in [0.29, 0.717) is 23.9 Å². The van der Waals surface area contributed by atoms with Crippen molar-refractivity contribution in [2.75, 3.05) is 13.1 Å². The summed E-state index contributed by atoms with van der Waals surface area (Å²) in [4.78, 5) is 0.533. The zero-order chi connectivity index (χ0) is 21.3. The van der Waals surface area contributed by atoms with Gasteiger partial charge in [0.15, 0.2) is 0 Å². The van der Waals surface area contributed by atoms with Crippen LogP contribution >= 0.6 is 0 Å². The highest BCUT2D eigenvalue weighted by molar-refractivity contribution is 7.89. The summed E-state index contributed by atoms with van der Waals surface area (Å²) in [6.07, 6.45) is 5.03. The van der Waals surface area contributed by atoms with Crippen LogP contribution < -0.4 is 0 Å². The summed E-state index contributed by atoms with van der Waals surface area (Å²) >= 11 is 0. The maximum absolute atomic E-state index is 13.8. The maximum Gasteiger partial charge on any atom is 0.243 e. The second kappa shape index (κ2) is 8.56. The van der Waals surface area contributed by atoms with Gasteiger partial charge in [-0.2, -0.15) is 4.31 Å². The third-order valence-corrected chi connectivity index (χ3v) is 7.95. The molecule has 1 aliphatic rings. The van der Waals surface area contributed by atoms with E-state index in [9.17, 15) is 8.42 Å². The maximum atomic E-state index is 13.8. The third-order valence-electron chi connectivity index (χ3n) is 5.92. The highest BCUT2D eigenvalue weighted by Gasteiger charge is 2.34. The number of rotatable bonds is 6. The van der Waals surface area contributed by atoms with Crippen molar-refractivity contribution < 1.29 is 8.42 Å². The summed E-state index contributed by atoms with van der Waals surface area (Å²) in [6, 6.07) is 4.42. The van der Waals surface area contributed by atoms with E-state index >= 15 is 0 Å². The molecule has 0 spiro atoms. The van der Waals surface area contributed by atoms with Crippen molar-refractivity contribution >= 4 is 10.0 Å². The molecule has 7 heteroatoms. The Morgan fingerprint density at radius 3 is 1.90 bits per heavy atom. The highest BCUT2D eigenvalue weighted by Crippen LogP contribution is 2.37. The highest BCUT2D eigenvalue weighted by atomic mass is 32.2. The van der Waals surface area contributed by atoms with Crippen LogP contribution in [0.15, 0.2) is 29.4 Å². The van der Waals surface area contributed by atoms with Gasteiger partial charge in [-0.3, -0.25) is 0 Å². The van der Waals surface area contributed by atoms with Gasteiger partial charge in [0.1, 0.15) is 0 Å². The molecule has 160 valence electrons. The molecule has 1 fully saturated rings. The van der Waals surface area contributed by atoms with Crippen LogP contribution in [0.3, 0.4) is 0 Å². The molecule has 1 aromatic carbocycles. The fraction of sp³-hybridized carbons (Fsp3) is 0.636. The number of hydrogen-bond donors (Lipinski definition) is 0. The van der Waals surface area contributed by atoms with Gasteiger partial charge in [-0.1, -0.05) is 58.9 Å². The van der Waals surface area contributed by atoms with Crippen molar-refractivity contribution in [2.45, 2.75) is 83.1 Å². The first-order valence-electron chi connectivity index (χ1n) is 10.7. The Morgan fingerprint density at radius 1 is 0.931 bits per heavy atom.